The van der Waals surface area contributed by atoms with Crippen molar-refractivity contribution in [3.05, 3.63) is 40.7 Å². The van der Waals surface area contributed by atoms with Crippen molar-refractivity contribution in [3.8, 4) is 0 Å². The number of carbonyl (C=O) groups is 1. The third-order valence-corrected chi connectivity index (χ3v) is 5.63. The van der Waals surface area contributed by atoms with Crippen LogP contribution in [0, 0.1) is 11.8 Å². The molecule has 2 aromatic rings. The molecule has 0 spiro atoms. The summed E-state index contributed by atoms with van der Waals surface area (Å²) in [6.45, 7) is 6.90. The van der Waals surface area contributed by atoms with E-state index in [1.165, 1.54) is 4.90 Å². The van der Waals surface area contributed by atoms with Gasteiger partial charge in [-0.3, -0.25) is 4.79 Å². The number of nitrogens with zero attached hydrogens (tertiary/aromatic N) is 4. The number of benzene rings is 1. The van der Waals surface area contributed by atoms with Gasteiger partial charge in [0, 0.05) is 35.9 Å². The highest BCUT2D eigenvalue weighted by molar-refractivity contribution is 6.30. The third-order valence-electron chi connectivity index (χ3n) is 5.38. The summed E-state index contributed by atoms with van der Waals surface area (Å²) in [5.41, 5.74) is 6.64. The van der Waals surface area contributed by atoms with Crippen molar-refractivity contribution in [2.75, 3.05) is 13.1 Å². The lowest BCUT2D eigenvalue weighted by Crippen LogP contribution is -3.13. The van der Waals surface area contributed by atoms with Crippen LogP contribution in [0.15, 0.2) is 24.3 Å². The Morgan fingerprint density at radius 2 is 1.96 bits per heavy atom. The molecular formula is C19H28ClN6O+. The van der Waals surface area contributed by atoms with Gasteiger partial charge >= 0.3 is 0 Å². The fourth-order valence-electron chi connectivity index (χ4n) is 3.74. The van der Waals surface area contributed by atoms with Gasteiger partial charge in [0.2, 0.25) is 11.7 Å². The Balaban J connectivity index is 1.89. The van der Waals surface area contributed by atoms with Crippen molar-refractivity contribution >= 4 is 17.5 Å². The van der Waals surface area contributed by atoms with Crippen LogP contribution in [0.3, 0.4) is 0 Å². The summed E-state index contributed by atoms with van der Waals surface area (Å²) >= 11 is 6.09. The highest BCUT2D eigenvalue weighted by atomic mass is 35.5. The molecular weight excluding hydrogens is 364 g/mol. The number of aryl methyl sites for hydroxylation is 1. The Hall–Kier alpha value is -1.99. The maximum atomic E-state index is 11.5. The molecule has 0 bridgehead atoms. The average Bonchev–Trinajstić information content (AvgIpc) is 3.10. The average molecular weight is 392 g/mol. The molecule has 0 unspecified atom stereocenters. The summed E-state index contributed by atoms with van der Waals surface area (Å²) in [4.78, 5) is 12.9. The van der Waals surface area contributed by atoms with Gasteiger partial charge < -0.3 is 10.6 Å². The number of piperidine rings is 1. The number of hydrogen-bond acceptors (Lipinski definition) is 4. The SMILES string of the molecule is CC(C)CCn1nnnc1[C@H](c1ccc(Cl)cc1)[NH+]1CCC(C(N)=O)CC1. The maximum Gasteiger partial charge on any atom is 0.220 e. The molecule has 146 valence electrons. The van der Waals surface area contributed by atoms with Crippen LogP contribution >= 0.6 is 11.6 Å². The molecule has 2 heterocycles. The van der Waals surface area contributed by atoms with Crippen LogP contribution in [0.1, 0.15) is 50.5 Å². The van der Waals surface area contributed by atoms with Crippen molar-refractivity contribution in [1.29, 1.82) is 0 Å². The molecule has 1 aliphatic heterocycles. The van der Waals surface area contributed by atoms with E-state index in [0.29, 0.717) is 10.9 Å². The summed E-state index contributed by atoms with van der Waals surface area (Å²) in [6.07, 6.45) is 2.61. The first-order valence-electron chi connectivity index (χ1n) is 9.61. The van der Waals surface area contributed by atoms with E-state index in [-0.39, 0.29) is 17.9 Å². The Labute approximate surface area is 164 Å². The van der Waals surface area contributed by atoms with Crippen LogP contribution in [-0.4, -0.2) is 39.2 Å². The second-order valence-corrected chi connectivity index (χ2v) is 8.20. The number of nitrogens with one attached hydrogen (secondary N) is 1. The van der Waals surface area contributed by atoms with Gasteiger partial charge in [-0.2, -0.15) is 0 Å². The molecule has 1 aromatic carbocycles. The second kappa shape index (κ2) is 8.80. The smallest absolute Gasteiger partial charge is 0.220 e. The van der Waals surface area contributed by atoms with Gasteiger partial charge in [0.1, 0.15) is 0 Å². The lowest BCUT2D eigenvalue weighted by molar-refractivity contribution is -0.931. The van der Waals surface area contributed by atoms with Crippen LogP contribution in [-0.2, 0) is 11.3 Å². The maximum absolute atomic E-state index is 11.5. The number of primary amides is 1. The molecule has 0 radical (unpaired) electrons. The normalized spacial score (nSPS) is 21.3. The zero-order valence-electron chi connectivity index (χ0n) is 15.9. The quantitative estimate of drug-likeness (QED) is 0.742. The molecule has 1 amide bonds. The number of likely N-dealkylation sites (tertiary alicyclic amines) is 1. The number of rotatable bonds is 7. The molecule has 7 nitrogen and oxygen atoms in total. The van der Waals surface area contributed by atoms with Crippen molar-refractivity contribution in [2.24, 2.45) is 17.6 Å². The van der Waals surface area contributed by atoms with Gasteiger partial charge in [-0.1, -0.05) is 37.6 Å². The number of nitrogens with two attached hydrogens (primary N) is 1. The van der Waals surface area contributed by atoms with Gasteiger partial charge in [-0.05, 0) is 34.9 Å². The zero-order valence-corrected chi connectivity index (χ0v) is 16.7. The number of aromatic nitrogens is 4. The molecule has 8 heteroatoms. The monoisotopic (exact) mass is 391 g/mol. The predicted octanol–water partition coefficient (Wildman–Crippen LogP) is 1.24. The highest BCUT2D eigenvalue weighted by Crippen LogP contribution is 2.22. The number of carbonyl (C=O) groups excluding carboxylic acids is 1. The molecule has 3 rings (SSSR count). The van der Waals surface area contributed by atoms with E-state index in [0.717, 1.165) is 50.3 Å². The minimum Gasteiger partial charge on any atom is -0.369 e. The summed E-state index contributed by atoms with van der Waals surface area (Å²) in [5.74, 6) is 1.22. The highest BCUT2D eigenvalue weighted by Gasteiger charge is 2.35. The number of tetrazole rings is 1. The van der Waals surface area contributed by atoms with Crippen molar-refractivity contribution in [2.45, 2.75) is 45.7 Å². The minimum atomic E-state index is -0.196. The first-order chi connectivity index (χ1) is 13.0. The van der Waals surface area contributed by atoms with Crippen LogP contribution in [0.2, 0.25) is 5.02 Å². The summed E-state index contributed by atoms with van der Waals surface area (Å²) in [7, 11) is 0. The summed E-state index contributed by atoms with van der Waals surface area (Å²) in [5, 5.41) is 13.3. The second-order valence-electron chi connectivity index (χ2n) is 7.76. The Bertz CT molecular complexity index is 752. The van der Waals surface area contributed by atoms with E-state index in [1.807, 2.05) is 28.9 Å². The molecule has 1 saturated heterocycles. The molecule has 0 aliphatic carbocycles. The van der Waals surface area contributed by atoms with Gasteiger partial charge in [-0.25, -0.2) is 4.68 Å². The summed E-state index contributed by atoms with van der Waals surface area (Å²) in [6, 6.07) is 7.91. The molecule has 1 fully saturated rings. The fourth-order valence-corrected chi connectivity index (χ4v) is 3.87. The Morgan fingerprint density at radius 3 is 2.56 bits per heavy atom. The van der Waals surface area contributed by atoms with E-state index >= 15 is 0 Å². The lowest BCUT2D eigenvalue weighted by atomic mass is 9.93. The van der Waals surface area contributed by atoms with E-state index in [2.05, 4.69) is 29.4 Å². The van der Waals surface area contributed by atoms with Crippen LogP contribution < -0.4 is 10.6 Å². The number of quaternary nitrogens is 1. The van der Waals surface area contributed by atoms with Crippen molar-refractivity contribution in [1.82, 2.24) is 20.2 Å². The van der Waals surface area contributed by atoms with Gasteiger partial charge in [-0.15, -0.1) is 5.10 Å². The third kappa shape index (κ3) is 4.84. The predicted molar refractivity (Wildman–Crippen MR) is 103 cm³/mol. The largest absolute Gasteiger partial charge is 0.369 e. The molecule has 0 saturated carbocycles. The van der Waals surface area contributed by atoms with Crippen molar-refractivity contribution in [3.63, 3.8) is 0 Å². The van der Waals surface area contributed by atoms with Gasteiger partial charge in [0.25, 0.3) is 0 Å². The van der Waals surface area contributed by atoms with Gasteiger partial charge in [0.05, 0.1) is 13.1 Å². The summed E-state index contributed by atoms with van der Waals surface area (Å²) < 4.78 is 1.92. The minimum absolute atomic E-state index is 0.0123. The lowest BCUT2D eigenvalue weighted by Gasteiger charge is -2.33. The first kappa shape index (κ1) is 19.8. The topological polar surface area (TPSA) is 91.1 Å². The molecule has 1 aliphatic rings. The first-order valence-corrected chi connectivity index (χ1v) is 9.99. The molecule has 1 atom stereocenters. The fraction of sp³-hybridized carbons (Fsp3) is 0.579. The van der Waals surface area contributed by atoms with E-state index in [1.54, 1.807) is 0 Å². The number of halogens is 1. The van der Waals surface area contributed by atoms with Crippen LogP contribution in [0.5, 0.6) is 0 Å². The standard InChI is InChI=1S/C19H27ClN6O/c1-13(2)7-12-26-19(22-23-24-26)17(14-3-5-16(20)6-4-14)25-10-8-15(9-11-25)18(21)27/h3-6,13,15,17H,7-12H2,1-2H3,(H2,21,27)/p+1/t17-/m0/s1. The number of amides is 1. The molecule has 3 N–H and O–H groups in total. The van der Waals surface area contributed by atoms with Crippen LogP contribution in [0.25, 0.3) is 0 Å². The van der Waals surface area contributed by atoms with Gasteiger partial charge in [0.15, 0.2) is 6.04 Å². The van der Waals surface area contributed by atoms with Crippen molar-refractivity contribution < 1.29 is 9.69 Å². The van der Waals surface area contributed by atoms with E-state index < -0.39 is 0 Å². The molecule has 1 aromatic heterocycles. The zero-order chi connectivity index (χ0) is 19.4. The van der Waals surface area contributed by atoms with E-state index in [9.17, 15) is 4.79 Å². The van der Waals surface area contributed by atoms with E-state index in [4.69, 9.17) is 17.3 Å². The molecule has 27 heavy (non-hydrogen) atoms. The van der Waals surface area contributed by atoms with Crippen LogP contribution in [0.4, 0.5) is 0 Å². The number of hydrogen-bond donors (Lipinski definition) is 2. The Kier molecular flexibility index (Phi) is 6.44. The Morgan fingerprint density at radius 1 is 1.30 bits per heavy atom.